The molecule has 0 aliphatic heterocycles. The Kier molecular flexibility index (Phi) is 10.4. The minimum Gasteiger partial charge on any atom is -0.497 e. The molecule has 0 spiro atoms. The third-order valence-corrected chi connectivity index (χ3v) is 6.11. The van der Waals surface area contributed by atoms with Gasteiger partial charge in [0.25, 0.3) is 0 Å². The second-order valence-electron chi connectivity index (χ2n) is 10.4. The number of ether oxygens (including phenoxy) is 4. The van der Waals surface area contributed by atoms with E-state index in [9.17, 15) is 14.4 Å². The van der Waals surface area contributed by atoms with Crippen molar-refractivity contribution in [1.82, 2.24) is 10.5 Å². The normalized spacial score (nSPS) is 11.7. The van der Waals surface area contributed by atoms with E-state index in [4.69, 9.17) is 23.5 Å². The third-order valence-electron chi connectivity index (χ3n) is 6.11. The van der Waals surface area contributed by atoms with Crippen molar-refractivity contribution in [3.05, 3.63) is 53.8 Å². The van der Waals surface area contributed by atoms with Crippen LogP contribution in [-0.2, 0) is 14.4 Å². The quantitative estimate of drug-likeness (QED) is 0.317. The molecule has 0 saturated carbocycles. The smallest absolute Gasteiger partial charge is 0.248 e. The number of hydrogen-bond donors (Lipinski definition) is 2. The van der Waals surface area contributed by atoms with E-state index in [1.165, 1.54) is 33.3 Å². The number of carbonyl (C=O) groups is 3. The van der Waals surface area contributed by atoms with Gasteiger partial charge in [0.05, 0.1) is 34.1 Å². The number of rotatable bonds is 12. The molecule has 1 heterocycles. The first-order valence-electron chi connectivity index (χ1n) is 13.2. The van der Waals surface area contributed by atoms with Crippen molar-refractivity contribution in [2.24, 2.45) is 0 Å². The molecule has 3 aromatic rings. The molecule has 12 heteroatoms. The van der Waals surface area contributed by atoms with Crippen LogP contribution < -0.4 is 34.5 Å². The van der Waals surface area contributed by atoms with Crippen molar-refractivity contribution >= 4 is 29.2 Å². The highest BCUT2D eigenvalue weighted by molar-refractivity contribution is 6.04. The third kappa shape index (κ3) is 7.71. The first kappa shape index (κ1) is 31.8. The lowest BCUT2D eigenvalue weighted by atomic mass is 9.98. The van der Waals surface area contributed by atoms with Gasteiger partial charge in [0.15, 0.2) is 17.3 Å². The largest absolute Gasteiger partial charge is 0.497 e. The average molecular weight is 583 g/mol. The minimum absolute atomic E-state index is 0.198. The molecule has 2 N–H and O–H groups in total. The Balaban J connectivity index is 2.17. The summed E-state index contributed by atoms with van der Waals surface area (Å²) in [5.74, 6) is 0.657. The van der Waals surface area contributed by atoms with E-state index in [1.807, 2.05) is 20.8 Å². The van der Waals surface area contributed by atoms with Crippen LogP contribution in [0.4, 0.5) is 11.5 Å². The Morgan fingerprint density at radius 3 is 2.21 bits per heavy atom. The lowest BCUT2D eigenvalue weighted by Crippen LogP contribution is -2.49. The molecule has 0 unspecified atom stereocenters. The fraction of sp³-hybridized carbons (Fsp3) is 0.400. The maximum atomic E-state index is 14.2. The Bertz CT molecular complexity index is 1410. The van der Waals surface area contributed by atoms with Gasteiger partial charge in [-0.3, -0.25) is 19.3 Å². The molecule has 0 bridgehead atoms. The van der Waals surface area contributed by atoms with Crippen LogP contribution in [-0.4, -0.2) is 56.9 Å². The number of methoxy groups -OCH3 is 4. The summed E-state index contributed by atoms with van der Waals surface area (Å²) in [5.41, 5.74) is -0.0304. The maximum Gasteiger partial charge on any atom is 0.248 e. The Morgan fingerprint density at radius 2 is 1.64 bits per heavy atom. The van der Waals surface area contributed by atoms with Crippen LogP contribution in [0.3, 0.4) is 0 Å². The number of benzene rings is 2. The molecular weight excluding hydrogens is 544 g/mol. The van der Waals surface area contributed by atoms with Crippen LogP contribution in [0.2, 0.25) is 0 Å². The summed E-state index contributed by atoms with van der Waals surface area (Å²) >= 11 is 0. The number of para-hydroxylation sites is 1. The molecule has 0 aliphatic carbocycles. The van der Waals surface area contributed by atoms with E-state index in [0.29, 0.717) is 28.6 Å². The van der Waals surface area contributed by atoms with Gasteiger partial charge in [-0.1, -0.05) is 17.3 Å². The molecule has 1 aromatic heterocycles. The second kappa shape index (κ2) is 13.7. The molecule has 42 heavy (non-hydrogen) atoms. The fourth-order valence-corrected chi connectivity index (χ4v) is 4.34. The molecule has 2 aromatic carbocycles. The van der Waals surface area contributed by atoms with Gasteiger partial charge >= 0.3 is 0 Å². The van der Waals surface area contributed by atoms with Crippen molar-refractivity contribution < 1.29 is 37.9 Å². The molecule has 0 aliphatic rings. The summed E-state index contributed by atoms with van der Waals surface area (Å²) in [6.07, 6.45) is -0.453. The van der Waals surface area contributed by atoms with Gasteiger partial charge in [-0.25, -0.2) is 0 Å². The van der Waals surface area contributed by atoms with E-state index >= 15 is 0 Å². The molecule has 0 fully saturated rings. The molecule has 12 nitrogen and oxygen atoms in total. The van der Waals surface area contributed by atoms with E-state index in [2.05, 4.69) is 15.8 Å². The van der Waals surface area contributed by atoms with Crippen LogP contribution in [0.15, 0.2) is 47.0 Å². The lowest BCUT2D eigenvalue weighted by Gasteiger charge is -2.35. The zero-order valence-corrected chi connectivity index (χ0v) is 25.2. The van der Waals surface area contributed by atoms with Crippen molar-refractivity contribution in [3.63, 3.8) is 0 Å². The Hall–Kier alpha value is -4.74. The van der Waals surface area contributed by atoms with E-state index < -0.39 is 29.3 Å². The standard InChI is InChI=1S/C30H38N4O8/c1-18-16-24(33-42-18)31-25(35)14-15-26(36)34(21-17-19(38-5)12-13-22(21)39-6)27(29(37)32-30(2,3)4)20-10-9-11-23(40-7)28(20)41-8/h9-13,16-17,27H,14-15H2,1-8H3,(H,32,37)(H,31,33,35)/t27-/m1/s1. The van der Waals surface area contributed by atoms with E-state index in [0.717, 1.165) is 0 Å². The Morgan fingerprint density at radius 1 is 0.929 bits per heavy atom. The van der Waals surface area contributed by atoms with Crippen molar-refractivity contribution in [2.45, 2.75) is 52.1 Å². The monoisotopic (exact) mass is 582 g/mol. The van der Waals surface area contributed by atoms with Crippen molar-refractivity contribution in [1.29, 1.82) is 0 Å². The highest BCUT2D eigenvalue weighted by Gasteiger charge is 2.38. The molecule has 226 valence electrons. The summed E-state index contributed by atoms with van der Waals surface area (Å²) in [6.45, 7) is 7.19. The van der Waals surface area contributed by atoms with Crippen LogP contribution in [0, 0.1) is 6.92 Å². The number of amides is 3. The number of aryl methyl sites for hydroxylation is 1. The average Bonchev–Trinajstić information content (AvgIpc) is 3.36. The van der Waals surface area contributed by atoms with Gasteiger partial charge in [-0.2, -0.15) is 0 Å². The van der Waals surface area contributed by atoms with Gasteiger partial charge in [0.1, 0.15) is 23.3 Å². The highest BCUT2D eigenvalue weighted by atomic mass is 16.5. The maximum absolute atomic E-state index is 14.2. The summed E-state index contributed by atoms with van der Waals surface area (Å²) in [6, 6.07) is 10.3. The highest BCUT2D eigenvalue weighted by Crippen LogP contribution is 2.43. The predicted molar refractivity (Wildman–Crippen MR) is 156 cm³/mol. The number of hydrogen-bond acceptors (Lipinski definition) is 9. The molecule has 3 rings (SSSR count). The lowest BCUT2D eigenvalue weighted by molar-refractivity contribution is -0.128. The van der Waals surface area contributed by atoms with Gasteiger partial charge in [0, 0.05) is 36.1 Å². The number of aromatic nitrogens is 1. The van der Waals surface area contributed by atoms with Gasteiger partial charge in [0.2, 0.25) is 17.7 Å². The predicted octanol–water partition coefficient (Wildman–Crippen LogP) is 4.43. The second-order valence-corrected chi connectivity index (χ2v) is 10.4. The van der Waals surface area contributed by atoms with Crippen LogP contribution in [0.5, 0.6) is 23.0 Å². The summed E-state index contributed by atoms with van der Waals surface area (Å²) in [7, 11) is 5.88. The molecule has 0 saturated heterocycles. The molecule has 0 radical (unpaired) electrons. The van der Waals surface area contributed by atoms with Crippen LogP contribution in [0.1, 0.15) is 51.0 Å². The number of nitrogens with zero attached hydrogens (tertiary/aromatic N) is 2. The van der Waals surface area contributed by atoms with Crippen LogP contribution >= 0.6 is 0 Å². The molecular formula is C30H38N4O8. The minimum atomic E-state index is -1.26. The fourth-order valence-electron chi connectivity index (χ4n) is 4.34. The SMILES string of the molecule is COc1ccc(OC)c(N(C(=O)CCC(=O)Nc2cc(C)on2)[C@@H](C(=O)NC(C)(C)C)c2cccc(OC)c2OC)c1. The van der Waals surface area contributed by atoms with E-state index in [-0.39, 0.29) is 30.1 Å². The zero-order chi connectivity index (χ0) is 31.0. The topological polar surface area (TPSA) is 141 Å². The van der Waals surface area contributed by atoms with Gasteiger partial charge in [-0.05, 0) is 45.9 Å². The molecule has 3 amide bonds. The Labute approximate surface area is 245 Å². The van der Waals surface area contributed by atoms with Crippen molar-refractivity contribution in [2.75, 3.05) is 38.7 Å². The first-order valence-corrected chi connectivity index (χ1v) is 13.2. The number of anilines is 2. The van der Waals surface area contributed by atoms with Crippen LogP contribution in [0.25, 0.3) is 0 Å². The summed E-state index contributed by atoms with van der Waals surface area (Å²) in [5, 5.41) is 9.35. The summed E-state index contributed by atoms with van der Waals surface area (Å²) in [4.78, 5) is 42.3. The summed E-state index contributed by atoms with van der Waals surface area (Å²) < 4.78 is 27.2. The van der Waals surface area contributed by atoms with E-state index in [1.54, 1.807) is 49.4 Å². The molecule has 1 atom stereocenters. The van der Waals surface area contributed by atoms with Gasteiger partial charge < -0.3 is 34.1 Å². The zero-order valence-electron chi connectivity index (χ0n) is 25.2. The first-order chi connectivity index (χ1) is 19.9. The van der Waals surface area contributed by atoms with Gasteiger partial charge in [-0.15, -0.1) is 0 Å². The number of nitrogens with one attached hydrogen (secondary N) is 2. The van der Waals surface area contributed by atoms with Crippen molar-refractivity contribution in [3.8, 4) is 23.0 Å². The number of carbonyl (C=O) groups excluding carboxylic acids is 3.